The maximum absolute atomic E-state index is 12.4. The van der Waals surface area contributed by atoms with Gasteiger partial charge in [0, 0.05) is 42.3 Å². The highest BCUT2D eigenvalue weighted by atomic mass is 35.5. The van der Waals surface area contributed by atoms with Gasteiger partial charge < -0.3 is 0 Å². The maximum Gasteiger partial charge on any atom is 0.236 e. The van der Waals surface area contributed by atoms with Gasteiger partial charge in [0.15, 0.2) is 0 Å². The van der Waals surface area contributed by atoms with Gasteiger partial charge in [0.1, 0.15) is 0 Å². The van der Waals surface area contributed by atoms with Gasteiger partial charge >= 0.3 is 0 Å². The highest BCUT2D eigenvalue weighted by Gasteiger charge is 2.18. The minimum atomic E-state index is -3.49. The van der Waals surface area contributed by atoms with Crippen molar-refractivity contribution >= 4 is 27.7 Å². The summed E-state index contributed by atoms with van der Waals surface area (Å²) in [7, 11) is -1.69. The molecule has 0 unspecified atom stereocenters. The molecule has 1 aromatic carbocycles. The van der Waals surface area contributed by atoms with Crippen molar-refractivity contribution in [1.82, 2.24) is 14.1 Å². The summed E-state index contributed by atoms with van der Waals surface area (Å²) in [6.07, 6.45) is 5.04. The fourth-order valence-corrected chi connectivity index (χ4v) is 3.28. The van der Waals surface area contributed by atoms with Crippen molar-refractivity contribution in [1.29, 1.82) is 0 Å². The van der Waals surface area contributed by atoms with E-state index < -0.39 is 10.0 Å². The lowest BCUT2D eigenvalue weighted by molar-refractivity contribution is 0.430. The highest BCUT2D eigenvalue weighted by Crippen LogP contribution is 2.14. The van der Waals surface area contributed by atoms with Crippen LogP contribution in [0.4, 0.5) is 0 Å². The number of hydrogen-bond donors (Lipinski definition) is 0. The predicted octanol–water partition coefficient (Wildman–Crippen LogP) is 2.90. The molecule has 0 atom stereocenters. The van der Waals surface area contributed by atoms with Crippen LogP contribution in [0.15, 0.2) is 42.1 Å². The highest BCUT2D eigenvalue weighted by molar-refractivity contribution is 7.92. The van der Waals surface area contributed by atoms with Gasteiger partial charge in [0.2, 0.25) is 10.0 Å². The Kier molecular flexibility index (Phi) is 5.39. The van der Waals surface area contributed by atoms with Crippen LogP contribution in [-0.4, -0.2) is 29.0 Å². The number of aryl methyl sites for hydroxylation is 1. The summed E-state index contributed by atoms with van der Waals surface area (Å²) in [6, 6.07) is 6.99. The van der Waals surface area contributed by atoms with Crippen LogP contribution >= 0.6 is 11.6 Å². The van der Waals surface area contributed by atoms with E-state index in [1.807, 2.05) is 6.92 Å². The Balaban J connectivity index is 2.14. The van der Waals surface area contributed by atoms with Gasteiger partial charge in [-0.2, -0.15) is 9.40 Å². The molecular weight excluding hydrogens is 322 g/mol. The van der Waals surface area contributed by atoms with Crippen molar-refractivity contribution in [3.63, 3.8) is 0 Å². The molecule has 0 saturated carbocycles. The minimum absolute atomic E-state index is 0.303. The normalized spacial score (nSPS) is 12.4. The van der Waals surface area contributed by atoms with E-state index >= 15 is 0 Å². The Hall–Kier alpha value is -1.63. The van der Waals surface area contributed by atoms with Gasteiger partial charge in [0.25, 0.3) is 0 Å². The van der Waals surface area contributed by atoms with E-state index in [1.54, 1.807) is 54.5 Å². The summed E-state index contributed by atoms with van der Waals surface area (Å²) < 4.78 is 27.8. The molecule has 0 aliphatic rings. The molecule has 0 fully saturated rings. The Morgan fingerprint density at radius 2 is 2.00 bits per heavy atom. The fourth-order valence-electron chi connectivity index (χ4n) is 1.96. The topological polar surface area (TPSA) is 55.2 Å². The number of rotatable bonds is 6. The van der Waals surface area contributed by atoms with E-state index in [0.29, 0.717) is 18.1 Å². The third kappa shape index (κ3) is 4.43. The van der Waals surface area contributed by atoms with Crippen molar-refractivity contribution in [2.24, 2.45) is 7.05 Å². The molecule has 2 aromatic rings. The van der Waals surface area contributed by atoms with E-state index in [2.05, 4.69) is 5.10 Å². The molecule has 0 amide bonds. The molecule has 2 rings (SSSR count). The SMILES string of the molecule is CCN(Cc1cnn(C)c1)S(=O)(=O)/C=C/c1ccc(Cl)cc1. The van der Waals surface area contributed by atoms with Crippen molar-refractivity contribution in [2.45, 2.75) is 13.5 Å². The second kappa shape index (κ2) is 7.09. The largest absolute Gasteiger partial charge is 0.275 e. The summed E-state index contributed by atoms with van der Waals surface area (Å²) in [4.78, 5) is 0. The van der Waals surface area contributed by atoms with Crippen molar-refractivity contribution in [2.75, 3.05) is 6.54 Å². The van der Waals surface area contributed by atoms with Crippen LogP contribution in [0.2, 0.25) is 5.02 Å². The van der Waals surface area contributed by atoms with Gasteiger partial charge in [-0.25, -0.2) is 8.42 Å². The molecule has 118 valence electrons. The molecule has 0 aliphatic heterocycles. The first-order chi connectivity index (χ1) is 10.4. The number of benzene rings is 1. The molecule has 1 heterocycles. The van der Waals surface area contributed by atoms with Crippen LogP contribution in [0.3, 0.4) is 0 Å². The van der Waals surface area contributed by atoms with Crippen LogP contribution in [-0.2, 0) is 23.6 Å². The van der Waals surface area contributed by atoms with E-state index in [-0.39, 0.29) is 0 Å². The van der Waals surface area contributed by atoms with Crippen LogP contribution in [0, 0.1) is 0 Å². The Morgan fingerprint density at radius 1 is 1.32 bits per heavy atom. The molecule has 0 spiro atoms. The number of hydrogen-bond acceptors (Lipinski definition) is 3. The number of sulfonamides is 1. The summed E-state index contributed by atoms with van der Waals surface area (Å²) >= 11 is 5.81. The molecule has 0 N–H and O–H groups in total. The second-order valence-electron chi connectivity index (χ2n) is 4.85. The third-order valence-corrected chi connectivity index (χ3v) is 4.97. The van der Waals surface area contributed by atoms with E-state index in [9.17, 15) is 8.42 Å². The zero-order valence-electron chi connectivity index (χ0n) is 12.5. The summed E-state index contributed by atoms with van der Waals surface area (Å²) in [5, 5.41) is 5.89. The molecule has 5 nitrogen and oxygen atoms in total. The summed E-state index contributed by atoms with van der Waals surface area (Å²) in [6.45, 7) is 2.50. The lowest BCUT2D eigenvalue weighted by Gasteiger charge is -2.17. The lowest BCUT2D eigenvalue weighted by atomic mass is 10.2. The molecule has 1 aromatic heterocycles. The number of aromatic nitrogens is 2. The average molecular weight is 340 g/mol. The van der Waals surface area contributed by atoms with Gasteiger partial charge in [-0.3, -0.25) is 4.68 Å². The van der Waals surface area contributed by atoms with Gasteiger partial charge in [-0.1, -0.05) is 30.7 Å². The molecule has 0 bridgehead atoms. The predicted molar refractivity (Wildman–Crippen MR) is 88.7 cm³/mol. The molecular formula is C15H18ClN3O2S. The quantitative estimate of drug-likeness (QED) is 0.813. The molecule has 7 heteroatoms. The van der Waals surface area contributed by atoms with E-state index in [1.165, 1.54) is 9.71 Å². The maximum atomic E-state index is 12.4. The van der Waals surface area contributed by atoms with Crippen LogP contribution in [0.25, 0.3) is 6.08 Å². The van der Waals surface area contributed by atoms with Gasteiger partial charge in [-0.05, 0) is 23.8 Å². The van der Waals surface area contributed by atoms with Crippen molar-refractivity contribution < 1.29 is 8.42 Å². The van der Waals surface area contributed by atoms with E-state index in [4.69, 9.17) is 11.6 Å². The number of nitrogens with zero attached hydrogens (tertiary/aromatic N) is 3. The molecule has 0 aliphatic carbocycles. The average Bonchev–Trinajstić information content (AvgIpc) is 2.89. The van der Waals surface area contributed by atoms with E-state index in [0.717, 1.165) is 11.1 Å². The first-order valence-electron chi connectivity index (χ1n) is 6.82. The summed E-state index contributed by atoms with van der Waals surface area (Å²) in [5.41, 5.74) is 1.64. The number of halogens is 1. The van der Waals surface area contributed by atoms with Crippen molar-refractivity contribution in [3.8, 4) is 0 Å². The minimum Gasteiger partial charge on any atom is -0.275 e. The molecule has 0 radical (unpaired) electrons. The monoisotopic (exact) mass is 339 g/mol. The second-order valence-corrected chi connectivity index (χ2v) is 7.10. The smallest absolute Gasteiger partial charge is 0.236 e. The standard InChI is InChI=1S/C15H18ClN3O2S/c1-3-19(12-14-10-17-18(2)11-14)22(20,21)9-8-13-4-6-15(16)7-5-13/h4-11H,3,12H2,1-2H3/b9-8+. The van der Waals surface area contributed by atoms with Crippen molar-refractivity contribution in [3.05, 3.63) is 58.2 Å². The Bertz CT molecular complexity index is 751. The fraction of sp³-hybridized carbons (Fsp3) is 0.267. The van der Waals surface area contributed by atoms with Crippen LogP contribution in [0.5, 0.6) is 0 Å². The molecule has 22 heavy (non-hydrogen) atoms. The Labute approximate surface area is 135 Å². The van der Waals surface area contributed by atoms with Crippen LogP contribution in [0.1, 0.15) is 18.1 Å². The zero-order chi connectivity index (χ0) is 16.2. The third-order valence-electron chi connectivity index (χ3n) is 3.13. The van der Waals surface area contributed by atoms with Crippen LogP contribution < -0.4 is 0 Å². The Morgan fingerprint density at radius 3 is 2.55 bits per heavy atom. The lowest BCUT2D eigenvalue weighted by Crippen LogP contribution is -2.28. The summed E-state index contributed by atoms with van der Waals surface area (Å²) in [5.74, 6) is 0. The van der Waals surface area contributed by atoms with Gasteiger partial charge in [-0.15, -0.1) is 0 Å². The first-order valence-corrected chi connectivity index (χ1v) is 8.70. The first kappa shape index (κ1) is 16.7. The molecule has 0 saturated heterocycles. The zero-order valence-corrected chi connectivity index (χ0v) is 14.0. The van der Waals surface area contributed by atoms with Gasteiger partial charge in [0.05, 0.1) is 6.20 Å².